The van der Waals surface area contributed by atoms with E-state index in [1.807, 2.05) is 6.20 Å². The monoisotopic (exact) mass is 256 g/mol. The molecule has 0 amide bonds. The fourth-order valence-corrected chi connectivity index (χ4v) is 2.82. The van der Waals surface area contributed by atoms with Gasteiger partial charge in [0.25, 0.3) is 0 Å². The lowest BCUT2D eigenvalue weighted by atomic mass is 10.1. The Bertz CT molecular complexity index is 610. The summed E-state index contributed by atoms with van der Waals surface area (Å²) >= 11 is 1.77. The highest BCUT2D eigenvalue weighted by Crippen LogP contribution is 2.14. The maximum Gasteiger partial charge on any atom is 0.0454 e. The van der Waals surface area contributed by atoms with Crippen LogP contribution in [0.15, 0.2) is 47.3 Å². The van der Waals surface area contributed by atoms with E-state index >= 15 is 0 Å². The van der Waals surface area contributed by atoms with Crippen LogP contribution >= 0.6 is 11.3 Å². The van der Waals surface area contributed by atoms with E-state index in [0.29, 0.717) is 0 Å². The fourth-order valence-electron chi connectivity index (χ4n) is 2.11. The van der Waals surface area contributed by atoms with Crippen LogP contribution in [-0.4, -0.2) is 11.5 Å². The molecule has 0 bridgehead atoms. The Hall–Kier alpha value is -1.58. The van der Waals surface area contributed by atoms with Gasteiger partial charge in [-0.1, -0.05) is 6.07 Å². The molecule has 0 fully saturated rings. The molecule has 3 heteroatoms. The Morgan fingerprint density at radius 1 is 1.11 bits per heavy atom. The Morgan fingerprint density at radius 3 is 3.00 bits per heavy atom. The summed E-state index contributed by atoms with van der Waals surface area (Å²) < 4.78 is 0. The molecular weight excluding hydrogens is 240 g/mol. The molecule has 1 aromatic carbocycles. The zero-order valence-electron chi connectivity index (χ0n) is 10.1. The average Bonchev–Trinajstić information content (AvgIpc) is 3.05. The number of aromatic nitrogens is 1. The van der Waals surface area contributed by atoms with Gasteiger partial charge in [-0.15, -0.1) is 0 Å². The highest BCUT2D eigenvalue weighted by molar-refractivity contribution is 7.07. The molecule has 0 aliphatic carbocycles. The smallest absolute Gasteiger partial charge is 0.0454 e. The van der Waals surface area contributed by atoms with Crippen molar-refractivity contribution in [3.05, 3.63) is 58.4 Å². The molecule has 0 aliphatic heterocycles. The van der Waals surface area contributed by atoms with E-state index in [9.17, 15) is 0 Å². The summed E-state index contributed by atoms with van der Waals surface area (Å²) in [7, 11) is 0. The summed E-state index contributed by atoms with van der Waals surface area (Å²) in [5.41, 5.74) is 3.97. The van der Waals surface area contributed by atoms with Gasteiger partial charge in [0, 0.05) is 18.3 Å². The van der Waals surface area contributed by atoms with Crippen molar-refractivity contribution >= 4 is 22.2 Å². The number of hydrogen-bond acceptors (Lipinski definition) is 2. The van der Waals surface area contributed by atoms with E-state index in [0.717, 1.165) is 19.5 Å². The number of benzene rings is 1. The number of fused-ring (bicyclic) bond motifs is 1. The van der Waals surface area contributed by atoms with Crippen LogP contribution in [0.25, 0.3) is 10.9 Å². The largest absolute Gasteiger partial charge is 0.361 e. The molecule has 0 atom stereocenters. The van der Waals surface area contributed by atoms with Gasteiger partial charge in [-0.3, -0.25) is 0 Å². The van der Waals surface area contributed by atoms with E-state index in [4.69, 9.17) is 0 Å². The minimum Gasteiger partial charge on any atom is -0.361 e. The Morgan fingerprint density at radius 2 is 2.11 bits per heavy atom. The van der Waals surface area contributed by atoms with Crippen molar-refractivity contribution in [2.24, 2.45) is 0 Å². The van der Waals surface area contributed by atoms with Gasteiger partial charge >= 0.3 is 0 Å². The van der Waals surface area contributed by atoms with E-state index in [1.54, 1.807) is 11.3 Å². The third-order valence-electron chi connectivity index (χ3n) is 3.12. The normalized spacial score (nSPS) is 11.1. The van der Waals surface area contributed by atoms with Crippen molar-refractivity contribution in [1.29, 1.82) is 0 Å². The number of hydrogen-bond donors (Lipinski definition) is 2. The van der Waals surface area contributed by atoms with Crippen LogP contribution in [-0.2, 0) is 13.0 Å². The number of aromatic amines is 1. The number of H-pyrrole nitrogens is 1. The maximum absolute atomic E-state index is 3.49. The second-order valence-electron chi connectivity index (χ2n) is 4.46. The minimum atomic E-state index is 0.936. The molecule has 2 heterocycles. The van der Waals surface area contributed by atoms with Crippen molar-refractivity contribution in [3.8, 4) is 0 Å². The SMILES string of the molecule is c1cc2cc(CNCCc3ccsc3)ccc2[nH]1. The van der Waals surface area contributed by atoms with Crippen LogP contribution in [0.5, 0.6) is 0 Å². The lowest BCUT2D eigenvalue weighted by Crippen LogP contribution is -2.16. The van der Waals surface area contributed by atoms with Gasteiger partial charge in [0.1, 0.15) is 0 Å². The molecular formula is C15H16N2S. The first-order valence-electron chi connectivity index (χ1n) is 6.20. The Balaban J connectivity index is 1.53. The van der Waals surface area contributed by atoms with Gasteiger partial charge in [0.15, 0.2) is 0 Å². The van der Waals surface area contributed by atoms with Crippen LogP contribution in [0, 0.1) is 0 Å². The molecule has 18 heavy (non-hydrogen) atoms. The third-order valence-corrected chi connectivity index (χ3v) is 3.85. The topological polar surface area (TPSA) is 27.8 Å². The molecule has 92 valence electrons. The summed E-state index contributed by atoms with van der Waals surface area (Å²) in [6.07, 6.45) is 3.09. The lowest BCUT2D eigenvalue weighted by molar-refractivity contribution is 0.688. The zero-order valence-corrected chi connectivity index (χ0v) is 11.0. The minimum absolute atomic E-state index is 0.936. The van der Waals surface area contributed by atoms with Crippen molar-refractivity contribution < 1.29 is 0 Å². The van der Waals surface area contributed by atoms with E-state index in [2.05, 4.69) is 51.4 Å². The first-order valence-corrected chi connectivity index (χ1v) is 7.14. The second-order valence-corrected chi connectivity index (χ2v) is 5.24. The zero-order chi connectivity index (χ0) is 12.2. The van der Waals surface area contributed by atoms with Crippen LogP contribution in [0.3, 0.4) is 0 Å². The summed E-state index contributed by atoms with van der Waals surface area (Å²) in [5.74, 6) is 0. The van der Waals surface area contributed by atoms with E-state index in [1.165, 1.54) is 22.0 Å². The number of thiophene rings is 1. The van der Waals surface area contributed by atoms with Gasteiger partial charge in [0.05, 0.1) is 0 Å². The summed E-state index contributed by atoms with van der Waals surface area (Å²) in [5, 5.41) is 9.13. The molecule has 3 rings (SSSR count). The first-order chi connectivity index (χ1) is 8.92. The van der Waals surface area contributed by atoms with E-state index < -0.39 is 0 Å². The predicted molar refractivity (Wildman–Crippen MR) is 78.0 cm³/mol. The van der Waals surface area contributed by atoms with Crippen LogP contribution in [0.4, 0.5) is 0 Å². The molecule has 0 aliphatic rings. The van der Waals surface area contributed by atoms with Crippen molar-refractivity contribution in [2.75, 3.05) is 6.54 Å². The molecule has 0 saturated carbocycles. The summed E-state index contributed by atoms with van der Waals surface area (Å²) in [6.45, 7) is 1.97. The molecule has 2 N–H and O–H groups in total. The fraction of sp³-hybridized carbons (Fsp3) is 0.200. The molecule has 0 saturated heterocycles. The van der Waals surface area contributed by atoms with Crippen molar-refractivity contribution in [1.82, 2.24) is 10.3 Å². The first kappa shape index (κ1) is 11.5. The van der Waals surface area contributed by atoms with Crippen molar-refractivity contribution in [3.63, 3.8) is 0 Å². The number of nitrogens with one attached hydrogen (secondary N) is 2. The maximum atomic E-state index is 3.49. The van der Waals surface area contributed by atoms with E-state index in [-0.39, 0.29) is 0 Å². The van der Waals surface area contributed by atoms with Crippen LogP contribution in [0.1, 0.15) is 11.1 Å². The average molecular weight is 256 g/mol. The summed E-state index contributed by atoms with van der Waals surface area (Å²) in [6, 6.07) is 10.9. The standard InChI is InChI=1S/C15H16N2S/c1-2-15-14(4-7-17-15)9-13(1)10-16-6-3-12-5-8-18-11-12/h1-2,4-5,7-9,11,16-17H,3,6,10H2. The van der Waals surface area contributed by atoms with Gasteiger partial charge < -0.3 is 10.3 Å². The Labute approximate surface area is 111 Å². The molecule has 2 nitrogen and oxygen atoms in total. The van der Waals surface area contributed by atoms with Crippen molar-refractivity contribution in [2.45, 2.75) is 13.0 Å². The highest BCUT2D eigenvalue weighted by Gasteiger charge is 1.97. The molecule has 2 aromatic heterocycles. The quantitative estimate of drug-likeness (QED) is 0.671. The predicted octanol–water partition coefficient (Wildman–Crippen LogP) is 3.56. The van der Waals surface area contributed by atoms with Gasteiger partial charge in [-0.25, -0.2) is 0 Å². The third kappa shape index (κ3) is 2.63. The van der Waals surface area contributed by atoms with Crippen LogP contribution in [0.2, 0.25) is 0 Å². The molecule has 0 radical (unpaired) electrons. The van der Waals surface area contributed by atoms with Gasteiger partial charge in [-0.2, -0.15) is 11.3 Å². The second kappa shape index (κ2) is 5.38. The summed E-state index contributed by atoms with van der Waals surface area (Å²) in [4.78, 5) is 3.21. The van der Waals surface area contributed by atoms with Gasteiger partial charge in [0.2, 0.25) is 0 Å². The lowest BCUT2D eigenvalue weighted by Gasteiger charge is -2.04. The van der Waals surface area contributed by atoms with Gasteiger partial charge in [-0.05, 0) is 64.5 Å². The molecule has 3 aromatic rings. The molecule has 0 unspecified atom stereocenters. The highest BCUT2D eigenvalue weighted by atomic mass is 32.1. The molecule has 0 spiro atoms. The Kier molecular flexibility index (Phi) is 3.44. The number of rotatable bonds is 5. The van der Waals surface area contributed by atoms with Crippen LogP contribution < -0.4 is 5.32 Å².